The molecule has 0 radical (unpaired) electrons. The van der Waals surface area contributed by atoms with E-state index in [1.165, 1.54) is 22.7 Å². The van der Waals surface area contributed by atoms with E-state index in [4.69, 9.17) is 0 Å². The molecule has 3 aromatic rings. The van der Waals surface area contributed by atoms with Gasteiger partial charge in [-0.3, -0.25) is 4.40 Å². The molecule has 9 heteroatoms. The summed E-state index contributed by atoms with van der Waals surface area (Å²) in [6, 6.07) is 1.90. The van der Waals surface area contributed by atoms with E-state index in [9.17, 15) is 8.42 Å². The first-order valence-corrected chi connectivity index (χ1v) is 9.62. The Morgan fingerprint density at radius 3 is 2.95 bits per heavy atom. The standard InChI is InChI=1S/C12H14N4O2S3/c1-2-13-10-11(16-4-6-20-12(16)15-10)21(17,18)14-7-9-3-5-19-8-9/h3-6,8,13-14H,2,7H2,1H3. The van der Waals surface area contributed by atoms with Crippen molar-refractivity contribution in [1.82, 2.24) is 14.1 Å². The van der Waals surface area contributed by atoms with Crippen LogP contribution < -0.4 is 10.0 Å². The number of imidazole rings is 1. The second kappa shape index (κ2) is 5.76. The molecule has 0 aliphatic carbocycles. The molecular formula is C12H14N4O2S3. The molecule has 21 heavy (non-hydrogen) atoms. The molecular weight excluding hydrogens is 328 g/mol. The fourth-order valence-electron chi connectivity index (χ4n) is 1.94. The van der Waals surface area contributed by atoms with Crippen molar-refractivity contribution >= 4 is 43.5 Å². The minimum absolute atomic E-state index is 0.163. The van der Waals surface area contributed by atoms with Crippen LogP contribution in [0, 0.1) is 0 Å². The van der Waals surface area contributed by atoms with Gasteiger partial charge in [-0.2, -0.15) is 11.3 Å². The molecule has 0 aliphatic heterocycles. The van der Waals surface area contributed by atoms with Crippen LogP contribution in [0.25, 0.3) is 4.96 Å². The average molecular weight is 342 g/mol. The highest BCUT2D eigenvalue weighted by molar-refractivity contribution is 7.89. The van der Waals surface area contributed by atoms with Crippen molar-refractivity contribution in [1.29, 1.82) is 0 Å². The lowest BCUT2D eigenvalue weighted by atomic mass is 10.4. The van der Waals surface area contributed by atoms with E-state index in [2.05, 4.69) is 15.0 Å². The Bertz CT molecular complexity index is 833. The zero-order chi connectivity index (χ0) is 14.9. The van der Waals surface area contributed by atoms with Crippen LogP contribution in [-0.2, 0) is 16.6 Å². The summed E-state index contributed by atoms with van der Waals surface area (Å²) in [5.41, 5.74) is 0.944. The third kappa shape index (κ3) is 2.82. The van der Waals surface area contributed by atoms with Gasteiger partial charge in [0.05, 0.1) is 0 Å². The Kier molecular flexibility index (Phi) is 3.98. The lowest BCUT2D eigenvalue weighted by Crippen LogP contribution is -2.25. The Hall–Kier alpha value is -1.42. The van der Waals surface area contributed by atoms with E-state index in [0.29, 0.717) is 17.3 Å². The topological polar surface area (TPSA) is 75.5 Å². The van der Waals surface area contributed by atoms with Gasteiger partial charge in [0.2, 0.25) is 0 Å². The van der Waals surface area contributed by atoms with Crippen molar-refractivity contribution in [3.63, 3.8) is 0 Å². The number of hydrogen-bond donors (Lipinski definition) is 2. The Balaban J connectivity index is 1.96. The number of rotatable bonds is 6. The minimum atomic E-state index is -3.64. The second-order valence-corrected chi connectivity index (χ2v) is 7.64. The Morgan fingerprint density at radius 1 is 1.38 bits per heavy atom. The first kappa shape index (κ1) is 14.5. The molecule has 0 spiro atoms. The molecule has 0 aromatic carbocycles. The van der Waals surface area contributed by atoms with Crippen LogP contribution >= 0.6 is 22.7 Å². The molecule has 0 aliphatic rings. The van der Waals surface area contributed by atoms with Gasteiger partial charge in [-0.15, -0.1) is 11.3 Å². The predicted octanol–water partition coefficient (Wildman–Crippen LogP) is 2.37. The first-order valence-electron chi connectivity index (χ1n) is 6.32. The first-order chi connectivity index (χ1) is 10.1. The molecule has 112 valence electrons. The number of thiophene rings is 1. The summed E-state index contributed by atoms with van der Waals surface area (Å²) in [7, 11) is -3.64. The van der Waals surface area contributed by atoms with E-state index < -0.39 is 10.0 Å². The van der Waals surface area contributed by atoms with Crippen LogP contribution in [0.3, 0.4) is 0 Å². The number of thiazole rings is 1. The summed E-state index contributed by atoms with van der Waals surface area (Å²) in [6.45, 7) is 2.79. The maximum Gasteiger partial charge on any atom is 0.260 e. The quantitative estimate of drug-likeness (QED) is 0.721. The van der Waals surface area contributed by atoms with Crippen molar-refractivity contribution in [3.05, 3.63) is 34.0 Å². The van der Waals surface area contributed by atoms with Crippen LogP contribution in [0.15, 0.2) is 33.4 Å². The Labute approximate surface area is 130 Å². The van der Waals surface area contributed by atoms with Crippen molar-refractivity contribution < 1.29 is 8.42 Å². The monoisotopic (exact) mass is 342 g/mol. The molecule has 6 nitrogen and oxygen atoms in total. The highest BCUT2D eigenvalue weighted by Crippen LogP contribution is 2.25. The number of nitrogens with zero attached hydrogens (tertiary/aromatic N) is 2. The van der Waals surface area contributed by atoms with Crippen molar-refractivity contribution in [2.75, 3.05) is 11.9 Å². The fraction of sp³-hybridized carbons (Fsp3) is 0.250. The molecule has 0 atom stereocenters. The van der Waals surface area contributed by atoms with Gasteiger partial charge in [0.25, 0.3) is 10.0 Å². The molecule has 0 amide bonds. The van der Waals surface area contributed by atoms with E-state index in [0.717, 1.165) is 5.56 Å². The highest BCUT2D eigenvalue weighted by Gasteiger charge is 2.25. The molecule has 2 N–H and O–H groups in total. The van der Waals surface area contributed by atoms with Crippen LogP contribution in [0.1, 0.15) is 12.5 Å². The molecule has 3 heterocycles. The number of fused-ring (bicyclic) bond motifs is 1. The maximum absolute atomic E-state index is 12.6. The van der Waals surface area contributed by atoms with Crippen molar-refractivity contribution in [2.45, 2.75) is 18.5 Å². The highest BCUT2D eigenvalue weighted by atomic mass is 32.2. The van der Waals surface area contributed by atoms with Gasteiger partial charge in [0.1, 0.15) is 0 Å². The summed E-state index contributed by atoms with van der Waals surface area (Å²) < 4.78 is 29.4. The van der Waals surface area contributed by atoms with E-state index in [-0.39, 0.29) is 11.6 Å². The van der Waals surface area contributed by atoms with Gasteiger partial charge >= 0.3 is 0 Å². The van der Waals surface area contributed by atoms with Gasteiger partial charge in [-0.05, 0) is 29.3 Å². The SMILES string of the molecule is CCNc1nc2sccn2c1S(=O)(=O)NCc1ccsc1. The summed E-state index contributed by atoms with van der Waals surface area (Å²) in [5.74, 6) is 0.391. The summed E-state index contributed by atoms with van der Waals surface area (Å²) >= 11 is 2.94. The molecule has 0 fully saturated rings. The average Bonchev–Trinajstić information content (AvgIpc) is 3.12. The van der Waals surface area contributed by atoms with Gasteiger partial charge in [-0.1, -0.05) is 0 Å². The number of sulfonamides is 1. The van der Waals surface area contributed by atoms with E-state index in [1.807, 2.05) is 29.1 Å². The zero-order valence-electron chi connectivity index (χ0n) is 11.2. The minimum Gasteiger partial charge on any atom is -0.368 e. The zero-order valence-corrected chi connectivity index (χ0v) is 13.7. The number of aromatic nitrogens is 2. The fourth-order valence-corrected chi connectivity index (χ4v) is 4.66. The lowest BCUT2D eigenvalue weighted by molar-refractivity contribution is 0.577. The number of hydrogen-bond acceptors (Lipinski definition) is 6. The van der Waals surface area contributed by atoms with E-state index in [1.54, 1.807) is 10.6 Å². The number of nitrogens with one attached hydrogen (secondary N) is 2. The van der Waals surface area contributed by atoms with Crippen LogP contribution in [-0.4, -0.2) is 24.3 Å². The van der Waals surface area contributed by atoms with Gasteiger partial charge in [0, 0.05) is 24.7 Å². The molecule has 3 aromatic heterocycles. The molecule has 3 rings (SSSR count). The summed E-state index contributed by atoms with van der Waals surface area (Å²) in [6.07, 6.45) is 1.72. The van der Waals surface area contributed by atoms with E-state index >= 15 is 0 Å². The van der Waals surface area contributed by atoms with Gasteiger partial charge < -0.3 is 5.32 Å². The van der Waals surface area contributed by atoms with Crippen LogP contribution in [0.4, 0.5) is 5.82 Å². The van der Waals surface area contributed by atoms with Crippen molar-refractivity contribution in [2.24, 2.45) is 0 Å². The maximum atomic E-state index is 12.6. The molecule has 0 bridgehead atoms. The Morgan fingerprint density at radius 2 is 2.24 bits per heavy atom. The third-order valence-corrected chi connectivity index (χ3v) is 5.78. The largest absolute Gasteiger partial charge is 0.368 e. The molecule has 0 saturated carbocycles. The predicted molar refractivity (Wildman–Crippen MR) is 85.6 cm³/mol. The van der Waals surface area contributed by atoms with Crippen LogP contribution in [0.5, 0.6) is 0 Å². The number of anilines is 1. The lowest BCUT2D eigenvalue weighted by Gasteiger charge is -2.07. The van der Waals surface area contributed by atoms with Crippen molar-refractivity contribution in [3.8, 4) is 0 Å². The van der Waals surface area contributed by atoms with Crippen LogP contribution in [0.2, 0.25) is 0 Å². The van der Waals surface area contributed by atoms with Gasteiger partial charge in [-0.25, -0.2) is 18.1 Å². The summed E-state index contributed by atoms with van der Waals surface area (Å²) in [4.78, 5) is 4.98. The normalized spacial score (nSPS) is 12.0. The molecule has 0 saturated heterocycles. The second-order valence-electron chi connectivity index (χ2n) is 4.31. The summed E-state index contributed by atoms with van der Waals surface area (Å²) in [5, 5.41) is 8.83. The molecule has 0 unspecified atom stereocenters. The smallest absolute Gasteiger partial charge is 0.260 e. The van der Waals surface area contributed by atoms with Gasteiger partial charge in [0.15, 0.2) is 15.8 Å². The third-order valence-electron chi connectivity index (χ3n) is 2.86.